The summed E-state index contributed by atoms with van der Waals surface area (Å²) in [7, 11) is 0. The maximum Gasteiger partial charge on any atom is 0.0841 e. The minimum Gasteiger partial charge on any atom is -0.750 e. The molecule has 0 spiro atoms. The van der Waals surface area contributed by atoms with Crippen LogP contribution in [0.4, 0.5) is 0 Å². The van der Waals surface area contributed by atoms with E-state index in [0.29, 0.717) is 0 Å². The molecule has 0 amide bonds. The molecule has 0 aliphatic heterocycles. The Morgan fingerprint density at radius 1 is 1.42 bits per heavy atom. The van der Waals surface area contributed by atoms with Gasteiger partial charge < -0.3 is 8.74 Å². The van der Waals surface area contributed by atoms with Gasteiger partial charge >= 0.3 is 0 Å². The second-order valence-electron chi connectivity index (χ2n) is 1.64. The minimum absolute atomic E-state index is 0.218. The van der Waals surface area contributed by atoms with Crippen LogP contribution in [0.15, 0.2) is 30.6 Å². The molecule has 1 atom stereocenters. The molecule has 0 radical (unpaired) electrons. The van der Waals surface area contributed by atoms with Crippen molar-refractivity contribution in [2.24, 2.45) is 0 Å². The van der Waals surface area contributed by atoms with Crippen LogP contribution in [0.1, 0.15) is 6.92 Å². The molecule has 0 aliphatic carbocycles. The highest BCUT2D eigenvalue weighted by Crippen LogP contribution is 1.73. The zero-order valence-electron chi connectivity index (χ0n) is 6.67. The molecular formula is C7H10NO3S-. The minimum atomic E-state index is -2.32. The molecule has 0 aromatic carbocycles. The van der Waals surface area contributed by atoms with Gasteiger partial charge in [-0.15, -0.1) is 0 Å². The number of rotatable bonds is 2. The van der Waals surface area contributed by atoms with Gasteiger partial charge in [-0.25, -0.2) is 4.21 Å². The number of nitrogens with zero attached hydrogens (tertiary/aromatic N) is 1. The van der Waals surface area contributed by atoms with Crippen molar-refractivity contribution in [3.8, 4) is 0 Å². The second kappa shape index (κ2) is 8.32. The Bertz CT molecular complexity index is 178. The van der Waals surface area contributed by atoms with Crippen molar-refractivity contribution in [3.05, 3.63) is 30.6 Å². The van der Waals surface area contributed by atoms with Crippen LogP contribution in [0.3, 0.4) is 0 Å². The van der Waals surface area contributed by atoms with Crippen LogP contribution in [0.5, 0.6) is 0 Å². The lowest BCUT2D eigenvalue weighted by Gasteiger charge is -1.98. The van der Waals surface area contributed by atoms with Crippen molar-refractivity contribution in [2.45, 2.75) is 6.92 Å². The fraction of sp³-hybridized carbons (Fsp3) is 0.286. The molecule has 5 heteroatoms. The first kappa shape index (κ1) is 11.2. The van der Waals surface area contributed by atoms with Crippen LogP contribution in [0.2, 0.25) is 0 Å². The summed E-state index contributed by atoms with van der Waals surface area (Å²) in [4.78, 5) is 3.78. The van der Waals surface area contributed by atoms with Crippen molar-refractivity contribution in [1.29, 1.82) is 0 Å². The predicted molar refractivity (Wildman–Crippen MR) is 44.8 cm³/mol. The van der Waals surface area contributed by atoms with E-state index in [1.54, 1.807) is 19.3 Å². The first-order valence-corrected chi connectivity index (χ1v) is 4.35. The standard InChI is InChI=1S/C5H5N.C2H6O3S/c1-2-4-6-5-3-1;1-2-5-6(3)4/h1-5H;2H2,1H3,(H,3,4)/p-1. The molecular weight excluding hydrogens is 178 g/mol. The van der Waals surface area contributed by atoms with Crippen LogP contribution in [-0.2, 0) is 15.5 Å². The van der Waals surface area contributed by atoms with E-state index in [4.69, 9.17) is 0 Å². The molecule has 0 saturated carbocycles. The van der Waals surface area contributed by atoms with E-state index in [0.717, 1.165) is 0 Å². The molecule has 0 bridgehead atoms. The van der Waals surface area contributed by atoms with Gasteiger partial charge in [-0.3, -0.25) is 4.98 Å². The average molecular weight is 188 g/mol. The van der Waals surface area contributed by atoms with Crippen LogP contribution in [-0.4, -0.2) is 20.4 Å². The Balaban J connectivity index is 0.000000202. The largest absolute Gasteiger partial charge is 0.750 e. The quantitative estimate of drug-likeness (QED) is 0.647. The van der Waals surface area contributed by atoms with Gasteiger partial charge in [0, 0.05) is 12.4 Å². The van der Waals surface area contributed by atoms with Crippen molar-refractivity contribution in [1.82, 2.24) is 4.98 Å². The third kappa shape index (κ3) is 9.22. The molecule has 12 heavy (non-hydrogen) atoms. The molecule has 4 nitrogen and oxygen atoms in total. The molecule has 0 saturated heterocycles. The lowest BCUT2D eigenvalue weighted by molar-refractivity contribution is 0.318. The third-order valence-corrected chi connectivity index (χ3v) is 1.21. The van der Waals surface area contributed by atoms with Gasteiger partial charge in [-0.1, -0.05) is 6.07 Å². The van der Waals surface area contributed by atoms with Gasteiger partial charge in [-0.05, 0) is 19.1 Å². The highest BCUT2D eigenvalue weighted by molar-refractivity contribution is 7.74. The van der Waals surface area contributed by atoms with E-state index < -0.39 is 11.4 Å². The lowest BCUT2D eigenvalue weighted by Crippen LogP contribution is -1.92. The summed E-state index contributed by atoms with van der Waals surface area (Å²) in [5.74, 6) is 0. The number of hydrogen-bond acceptors (Lipinski definition) is 4. The second-order valence-corrected chi connectivity index (χ2v) is 2.28. The zero-order valence-corrected chi connectivity index (χ0v) is 7.49. The van der Waals surface area contributed by atoms with Crippen molar-refractivity contribution < 1.29 is 12.9 Å². The molecule has 0 N–H and O–H groups in total. The summed E-state index contributed by atoms with van der Waals surface area (Å²) in [6.07, 6.45) is 3.50. The van der Waals surface area contributed by atoms with Crippen molar-refractivity contribution in [2.75, 3.05) is 6.61 Å². The van der Waals surface area contributed by atoms with E-state index in [9.17, 15) is 8.76 Å². The topological polar surface area (TPSA) is 62.2 Å². The Hall–Kier alpha value is -0.780. The number of aromatic nitrogens is 1. The van der Waals surface area contributed by atoms with Gasteiger partial charge in [-0.2, -0.15) is 0 Å². The summed E-state index contributed by atoms with van der Waals surface area (Å²) in [6.45, 7) is 1.83. The molecule has 68 valence electrons. The highest BCUT2D eigenvalue weighted by atomic mass is 32.2. The van der Waals surface area contributed by atoms with E-state index >= 15 is 0 Å². The first-order chi connectivity index (χ1) is 5.77. The summed E-state index contributed by atoms with van der Waals surface area (Å²) < 4.78 is 22.7. The van der Waals surface area contributed by atoms with Crippen LogP contribution in [0, 0.1) is 0 Å². The maximum absolute atomic E-state index is 9.38. The normalized spacial score (nSPS) is 11.2. The summed E-state index contributed by atoms with van der Waals surface area (Å²) in [5, 5.41) is 0. The fourth-order valence-electron chi connectivity index (χ4n) is 0.409. The molecule has 1 aromatic rings. The third-order valence-electron chi connectivity index (χ3n) is 0.781. The average Bonchev–Trinajstić information content (AvgIpc) is 2.08. The van der Waals surface area contributed by atoms with E-state index in [1.165, 1.54) is 0 Å². The lowest BCUT2D eigenvalue weighted by atomic mass is 10.5. The van der Waals surface area contributed by atoms with Crippen LogP contribution < -0.4 is 0 Å². The maximum atomic E-state index is 9.38. The molecule has 1 heterocycles. The zero-order chi connectivity index (χ0) is 9.23. The van der Waals surface area contributed by atoms with Gasteiger partial charge in [0.1, 0.15) is 0 Å². The van der Waals surface area contributed by atoms with E-state index in [2.05, 4.69) is 9.17 Å². The Morgan fingerprint density at radius 2 is 2.00 bits per heavy atom. The van der Waals surface area contributed by atoms with E-state index in [-0.39, 0.29) is 6.61 Å². The van der Waals surface area contributed by atoms with Crippen molar-refractivity contribution >= 4 is 11.4 Å². The van der Waals surface area contributed by atoms with Gasteiger partial charge in [0.15, 0.2) is 0 Å². The van der Waals surface area contributed by atoms with Crippen LogP contribution in [0.25, 0.3) is 0 Å². The van der Waals surface area contributed by atoms with Gasteiger partial charge in [0.05, 0.1) is 18.0 Å². The molecule has 1 rings (SSSR count). The smallest absolute Gasteiger partial charge is 0.0841 e. The molecule has 0 aliphatic rings. The van der Waals surface area contributed by atoms with Crippen molar-refractivity contribution in [3.63, 3.8) is 0 Å². The highest BCUT2D eigenvalue weighted by Gasteiger charge is 1.70. The Morgan fingerprint density at radius 3 is 2.08 bits per heavy atom. The molecule has 0 fully saturated rings. The van der Waals surface area contributed by atoms with Gasteiger partial charge in [0.25, 0.3) is 0 Å². The Labute approximate surface area is 74.1 Å². The van der Waals surface area contributed by atoms with E-state index in [1.807, 2.05) is 18.2 Å². The first-order valence-electron chi connectivity index (χ1n) is 3.35. The monoisotopic (exact) mass is 188 g/mol. The molecule has 1 aromatic heterocycles. The number of pyridine rings is 1. The predicted octanol–water partition coefficient (Wildman–Crippen LogP) is 0.899. The van der Waals surface area contributed by atoms with Gasteiger partial charge in [0.2, 0.25) is 0 Å². The fourth-order valence-corrected chi connectivity index (χ4v) is 0.601. The van der Waals surface area contributed by atoms with Crippen LogP contribution >= 0.6 is 0 Å². The Kier molecular flexibility index (Phi) is 7.78. The summed E-state index contributed by atoms with van der Waals surface area (Å²) >= 11 is -2.32. The summed E-state index contributed by atoms with van der Waals surface area (Å²) in [6, 6.07) is 5.72. The molecule has 1 unspecified atom stereocenters. The summed E-state index contributed by atoms with van der Waals surface area (Å²) in [5.41, 5.74) is 0. The number of hydrogen-bond donors (Lipinski definition) is 0. The SMILES string of the molecule is CCOS(=O)[O-].c1ccncc1.